The van der Waals surface area contributed by atoms with Crippen LogP contribution in [0.5, 0.6) is 0 Å². The van der Waals surface area contributed by atoms with Crippen LogP contribution in [0.3, 0.4) is 0 Å². The Hall–Kier alpha value is -0.910. The fraction of sp³-hybridized carbons (Fsp3) is 0.857. The first-order valence-electron chi connectivity index (χ1n) is 7.29. The maximum Gasteiger partial charge on any atom is 0.329 e. The van der Waals surface area contributed by atoms with Crippen LogP contribution >= 0.6 is 11.8 Å². The zero-order valence-electron chi connectivity index (χ0n) is 12.6. The highest BCUT2D eigenvalue weighted by Crippen LogP contribution is 2.34. The number of carboxylic acid groups (broad SMARTS) is 1. The van der Waals surface area contributed by atoms with Crippen molar-refractivity contribution >= 4 is 23.8 Å². The van der Waals surface area contributed by atoms with Gasteiger partial charge in [0.25, 0.3) is 0 Å². The van der Waals surface area contributed by atoms with E-state index in [1.165, 1.54) is 4.90 Å². The molecule has 1 rings (SSSR count). The maximum atomic E-state index is 12.3. The summed E-state index contributed by atoms with van der Waals surface area (Å²) < 4.78 is 0. The molecule has 0 aliphatic carbocycles. The number of thioether (sulfide) groups is 1. The molecule has 2 atom stereocenters. The summed E-state index contributed by atoms with van der Waals surface area (Å²) in [4.78, 5) is 25.4. The highest BCUT2D eigenvalue weighted by Gasteiger charge is 2.49. The number of rotatable bonds is 7. The minimum atomic E-state index is -0.996. The summed E-state index contributed by atoms with van der Waals surface area (Å²) >= 11 is 1.76. The number of nitrogens with zero attached hydrogens (tertiary/aromatic N) is 1. The first kappa shape index (κ1) is 17.1. The third-order valence-corrected chi connectivity index (χ3v) is 5.07. The molecule has 1 aliphatic rings. The largest absolute Gasteiger partial charge is 0.479 e. The lowest BCUT2D eigenvalue weighted by molar-refractivity contribution is -0.148. The van der Waals surface area contributed by atoms with Gasteiger partial charge in [-0.15, -0.1) is 0 Å². The van der Waals surface area contributed by atoms with Crippen LogP contribution in [0.15, 0.2) is 0 Å². The number of carbonyl (C=O) groups is 2. The van der Waals surface area contributed by atoms with Crippen molar-refractivity contribution < 1.29 is 14.7 Å². The van der Waals surface area contributed by atoms with Gasteiger partial charge in [0.15, 0.2) is 0 Å². The number of urea groups is 1. The van der Waals surface area contributed by atoms with Crippen LogP contribution in [0.25, 0.3) is 0 Å². The quantitative estimate of drug-likeness (QED) is 0.758. The first-order chi connectivity index (χ1) is 9.47. The van der Waals surface area contributed by atoms with Gasteiger partial charge in [-0.05, 0) is 31.9 Å². The fourth-order valence-electron chi connectivity index (χ4n) is 2.77. The Morgan fingerprint density at radius 3 is 2.75 bits per heavy atom. The van der Waals surface area contributed by atoms with E-state index in [1.807, 2.05) is 13.2 Å². The molecule has 0 bridgehead atoms. The number of carbonyl (C=O) groups excluding carboxylic acids is 1. The third kappa shape index (κ3) is 3.81. The van der Waals surface area contributed by atoms with Crippen molar-refractivity contribution in [3.63, 3.8) is 0 Å². The molecule has 0 aromatic rings. The lowest BCUT2D eigenvalue weighted by Gasteiger charge is -2.34. The Kier molecular flexibility index (Phi) is 6.65. The van der Waals surface area contributed by atoms with Crippen molar-refractivity contribution in [2.45, 2.75) is 56.7 Å². The zero-order valence-corrected chi connectivity index (χ0v) is 13.5. The topological polar surface area (TPSA) is 69.6 Å². The van der Waals surface area contributed by atoms with Crippen LogP contribution in [-0.2, 0) is 4.79 Å². The summed E-state index contributed by atoms with van der Waals surface area (Å²) in [7, 11) is 0. The normalized spacial score (nSPS) is 23.6. The van der Waals surface area contributed by atoms with Crippen LogP contribution in [0, 0.1) is 0 Å². The molecule has 2 amide bonds. The highest BCUT2D eigenvalue weighted by molar-refractivity contribution is 7.99. The van der Waals surface area contributed by atoms with Gasteiger partial charge in [-0.2, -0.15) is 11.8 Å². The van der Waals surface area contributed by atoms with Gasteiger partial charge >= 0.3 is 12.0 Å². The summed E-state index contributed by atoms with van der Waals surface area (Å²) in [6, 6.07) is -0.230. The molecule has 0 spiro atoms. The van der Waals surface area contributed by atoms with E-state index in [4.69, 9.17) is 0 Å². The number of amides is 2. The van der Waals surface area contributed by atoms with E-state index >= 15 is 0 Å². The second kappa shape index (κ2) is 7.76. The molecule has 1 saturated heterocycles. The Morgan fingerprint density at radius 1 is 1.50 bits per heavy atom. The minimum Gasteiger partial charge on any atom is -0.479 e. The molecule has 0 radical (unpaired) electrons. The second-order valence-corrected chi connectivity index (χ2v) is 6.68. The van der Waals surface area contributed by atoms with Gasteiger partial charge in [-0.25, -0.2) is 9.59 Å². The monoisotopic (exact) mass is 302 g/mol. The molecule has 0 saturated carbocycles. The SMILES string of the molecule is CCCC1(C(=O)O)CCCN1C(=O)NCCC(C)SC. The summed E-state index contributed by atoms with van der Waals surface area (Å²) in [5.41, 5.74) is -0.996. The number of likely N-dealkylation sites (tertiary alicyclic amines) is 1. The van der Waals surface area contributed by atoms with E-state index in [0.29, 0.717) is 31.2 Å². The van der Waals surface area contributed by atoms with Crippen LogP contribution in [-0.4, -0.2) is 52.1 Å². The van der Waals surface area contributed by atoms with Gasteiger partial charge in [0.2, 0.25) is 0 Å². The molecule has 20 heavy (non-hydrogen) atoms. The Bertz CT molecular complexity index is 351. The zero-order chi connectivity index (χ0) is 15.2. The predicted molar refractivity (Wildman–Crippen MR) is 82.2 cm³/mol. The fourth-order valence-corrected chi connectivity index (χ4v) is 3.13. The molecule has 2 unspecified atom stereocenters. The molecule has 6 heteroatoms. The average molecular weight is 302 g/mol. The lowest BCUT2D eigenvalue weighted by Crippen LogP contribution is -2.56. The Morgan fingerprint density at radius 2 is 2.20 bits per heavy atom. The molecule has 116 valence electrons. The van der Waals surface area contributed by atoms with Crippen LogP contribution in [0.4, 0.5) is 4.79 Å². The summed E-state index contributed by atoms with van der Waals surface area (Å²) in [6.45, 7) is 5.21. The number of aliphatic carboxylic acids is 1. The molecule has 5 nitrogen and oxygen atoms in total. The Labute approximate surface area is 125 Å². The maximum absolute atomic E-state index is 12.3. The smallest absolute Gasteiger partial charge is 0.329 e. The van der Waals surface area contributed by atoms with Gasteiger partial charge < -0.3 is 15.3 Å². The number of hydrogen-bond acceptors (Lipinski definition) is 3. The van der Waals surface area contributed by atoms with E-state index in [9.17, 15) is 14.7 Å². The third-order valence-electron chi connectivity index (χ3n) is 4.03. The molecule has 0 aromatic heterocycles. The minimum absolute atomic E-state index is 0.230. The van der Waals surface area contributed by atoms with Crippen LogP contribution in [0.1, 0.15) is 46.0 Å². The van der Waals surface area contributed by atoms with E-state index in [0.717, 1.165) is 19.3 Å². The second-order valence-electron chi connectivity index (χ2n) is 5.41. The van der Waals surface area contributed by atoms with Crippen molar-refractivity contribution in [3.8, 4) is 0 Å². The molecule has 1 fully saturated rings. The van der Waals surface area contributed by atoms with Gasteiger partial charge in [0.05, 0.1) is 0 Å². The van der Waals surface area contributed by atoms with Gasteiger partial charge in [-0.1, -0.05) is 20.3 Å². The molecule has 1 aliphatic heterocycles. The van der Waals surface area contributed by atoms with E-state index in [2.05, 4.69) is 12.2 Å². The van der Waals surface area contributed by atoms with Crippen molar-refractivity contribution in [1.82, 2.24) is 10.2 Å². The van der Waals surface area contributed by atoms with Gasteiger partial charge in [-0.3, -0.25) is 0 Å². The molecular formula is C14H26N2O3S. The lowest BCUT2D eigenvalue weighted by atomic mass is 9.91. The summed E-state index contributed by atoms with van der Waals surface area (Å²) in [6.07, 6.45) is 5.56. The molecular weight excluding hydrogens is 276 g/mol. The first-order valence-corrected chi connectivity index (χ1v) is 8.58. The number of hydrogen-bond donors (Lipinski definition) is 2. The average Bonchev–Trinajstić information content (AvgIpc) is 2.84. The van der Waals surface area contributed by atoms with Gasteiger partial charge in [0.1, 0.15) is 5.54 Å². The standard InChI is InChI=1S/C14H26N2O3S/c1-4-7-14(12(17)18)8-5-10-16(14)13(19)15-9-6-11(2)20-3/h11H,4-10H2,1-3H3,(H,15,19)(H,17,18). The van der Waals surface area contributed by atoms with Crippen molar-refractivity contribution in [3.05, 3.63) is 0 Å². The van der Waals surface area contributed by atoms with Crippen molar-refractivity contribution in [2.75, 3.05) is 19.3 Å². The molecule has 1 heterocycles. The van der Waals surface area contributed by atoms with Crippen molar-refractivity contribution in [1.29, 1.82) is 0 Å². The summed E-state index contributed by atoms with van der Waals surface area (Å²) in [5.74, 6) is -0.871. The van der Waals surface area contributed by atoms with Crippen LogP contribution < -0.4 is 5.32 Å². The molecule has 2 N–H and O–H groups in total. The highest BCUT2D eigenvalue weighted by atomic mass is 32.2. The van der Waals surface area contributed by atoms with E-state index in [-0.39, 0.29) is 6.03 Å². The van der Waals surface area contributed by atoms with E-state index < -0.39 is 11.5 Å². The summed E-state index contributed by atoms with van der Waals surface area (Å²) in [5, 5.41) is 12.9. The predicted octanol–water partition coefficient (Wildman–Crippen LogP) is 2.56. The van der Waals surface area contributed by atoms with Gasteiger partial charge in [0, 0.05) is 18.3 Å². The Balaban J connectivity index is 2.63. The van der Waals surface area contributed by atoms with Crippen molar-refractivity contribution in [2.24, 2.45) is 0 Å². The molecule has 0 aromatic carbocycles. The van der Waals surface area contributed by atoms with Crippen LogP contribution in [0.2, 0.25) is 0 Å². The van der Waals surface area contributed by atoms with E-state index in [1.54, 1.807) is 11.8 Å². The number of carboxylic acids is 1. The number of nitrogens with one attached hydrogen (secondary N) is 1.